The van der Waals surface area contributed by atoms with Crippen LogP contribution >= 0.6 is 0 Å². The van der Waals surface area contributed by atoms with Crippen molar-refractivity contribution in [2.45, 2.75) is 6.54 Å². The maximum absolute atomic E-state index is 12.6. The number of furan rings is 1. The molecule has 4 aromatic rings. The Morgan fingerprint density at radius 3 is 2.67 bits per heavy atom. The van der Waals surface area contributed by atoms with E-state index in [0.29, 0.717) is 29.4 Å². The lowest BCUT2D eigenvalue weighted by atomic mass is 10.2. The molecule has 0 atom stereocenters. The van der Waals surface area contributed by atoms with E-state index in [9.17, 15) is 4.79 Å². The van der Waals surface area contributed by atoms with Crippen LogP contribution in [0.15, 0.2) is 89.7 Å². The highest BCUT2D eigenvalue weighted by Crippen LogP contribution is 2.22. The molecule has 0 aliphatic heterocycles. The van der Waals surface area contributed by atoms with E-state index in [1.165, 1.54) is 0 Å². The van der Waals surface area contributed by atoms with Crippen molar-refractivity contribution in [2.75, 3.05) is 5.32 Å². The number of hydrogen-bond donors (Lipinski definition) is 1. The summed E-state index contributed by atoms with van der Waals surface area (Å²) in [6.07, 6.45) is 3.24. The summed E-state index contributed by atoms with van der Waals surface area (Å²) in [5.74, 6) is 2.41. The van der Waals surface area contributed by atoms with Gasteiger partial charge in [0.2, 0.25) is 0 Å². The first kappa shape index (κ1) is 16.7. The molecule has 0 aliphatic carbocycles. The summed E-state index contributed by atoms with van der Waals surface area (Å²) in [4.78, 5) is 12.6. The van der Waals surface area contributed by atoms with E-state index < -0.39 is 0 Å². The molecule has 6 nitrogen and oxygen atoms in total. The minimum atomic E-state index is -0.241. The number of carbonyl (C=O) groups excluding carboxylic acids is 1. The van der Waals surface area contributed by atoms with Gasteiger partial charge in [0.05, 0.1) is 12.5 Å². The van der Waals surface area contributed by atoms with E-state index in [2.05, 4.69) is 10.4 Å². The summed E-state index contributed by atoms with van der Waals surface area (Å²) in [6, 6.07) is 21.9. The zero-order valence-electron chi connectivity index (χ0n) is 14.4. The summed E-state index contributed by atoms with van der Waals surface area (Å²) in [5.41, 5.74) is 0.495. The summed E-state index contributed by atoms with van der Waals surface area (Å²) in [5, 5.41) is 7.10. The number of nitrogens with one attached hydrogen (secondary N) is 1. The molecular weight excluding hydrogens is 342 g/mol. The van der Waals surface area contributed by atoms with Crippen LogP contribution in [0.3, 0.4) is 0 Å². The third-order valence-corrected chi connectivity index (χ3v) is 3.92. The Balaban J connectivity index is 1.48. The number of benzene rings is 2. The third-order valence-electron chi connectivity index (χ3n) is 3.92. The third kappa shape index (κ3) is 4.07. The molecule has 1 amide bonds. The van der Waals surface area contributed by atoms with Gasteiger partial charge < -0.3 is 14.5 Å². The Labute approximate surface area is 156 Å². The van der Waals surface area contributed by atoms with E-state index >= 15 is 0 Å². The summed E-state index contributed by atoms with van der Waals surface area (Å²) in [6.45, 7) is 0.437. The van der Waals surface area contributed by atoms with Crippen LogP contribution in [0.1, 0.15) is 16.1 Å². The van der Waals surface area contributed by atoms with Gasteiger partial charge in [-0.2, -0.15) is 5.10 Å². The molecule has 2 heterocycles. The monoisotopic (exact) mass is 359 g/mol. The van der Waals surface area contributed by atoms with E-state index in [1.54, 1.807) is 41.4 Å². The molecule has 6 heteroatoms. The second kappa shape index (κ2) is 7.61. The van der Waals surface area contributed by atoms with Gasteiger partial charge in [-0.15, -0.1) is 0 Å². The molecule has 0 fully saturated rings. The highest BCUT2D eigenvalue weighted by Gasteiger charge is 2.12. The molecule has 0 spiro atoms. The number of amides is 1. The van der Waals surface area contributed by atoms with Crippen LogP contribution in [0.2, 0.25) is 0 Å². The van der Waals surface area contributed by atoms with Crippen molar-refractivity contribution in [3.8, 4) is 11.5 Å². The molecule has 2 aromatic heterocycles. The van der Waals surface area contributed by atoms with Gasteiger partial charge in [-0.05, 0) is 42.5 Å². The van der Waals surface area contributed by atoms with Crippen LogP contribution in [0.4, 0.5) is 5.82 Å². The lowest BCUT2D eigenvalue weighted by Crippen LogP contribution is -2.16. The first-order valence-corrected chi connectivity index (χ1v) is 8.46. The van der Waals surface area contributed by atoms with Gasteiger partial charge in [-0.3, -0.25) is 4.79 Å². The van der Waals surface area contributed by atoms with Crippen molar-refractivity contribution >= 4 is 11.7 Å². The van der Waals surface area contributed by atoms with Gasteiger partial charge in [0, 0.05) is 11.6 Å². The van der Waals surface area contributed by atoms with Gasteiger partial charge in [-0.1, -0.05) is 24.3 Å². The van der Waals surface area contributed by atoms with Gasteiger partial charge in [0.15, 0.2) is 0 Å². The Bertz CT molecular complexity index is 1020. The predicted octanol–water partition coefficient (Wildman–Crippen LogP) is 4.57. The Morgan fingerprint density at radius 1 is 1.00 bits per heavy atom. The number of hydrogen-bond acceptors (Lipinski definition) is 4. The van der Waals surface area contributed by atoms with E-state index in [4.69, 9.17) is 9.15 Å². The summed E-state index contributed by atoms with van der Waals surface area (Å²) < 4.78 is 12.8. The number of carbonyl (C=O) groups is 1. The molecule has 134 valence electrons. The molecule has 0 aliphatic rings. The Kier molecular flexibility index (Phi) is 4.70. The maximum atomic E-state index is 12.6. The first-order chi connectivity index (χ1) is 13.3. The maximum Gasteiger partial charge on any atom is 0.256 e. The molecule has 0 saturated carbocycles. The van der Waals surface area contributed by atoms with Crippen LogP contribution in [0.5, 0.6) is 11.5 Å². The fourth-order valence-electron chi connectivity index (χ4n) is 2.63. The molecule has 27 heavy (non-hydrogen) atoms. The summed E-state index contributed by atoms with van der Waals surface area (Å²) in [7, 11) is 0. The van der Waals surface area contributed by atoms with E-state index in [-0.39, 0.29) is 5.91 Å². The van der Waals surface area contributed by atoms with Crippen LogP contribution in [0.25, 0.3) is 0 Å². The minimum Gasteiger partial charge on any atom is -0.467 e. The van der Waals surface area contributed by atoms with Crippen LogP contribution in [-0.4, -0.2) is 15.7 Å². The Hall–Kier alpha value is -3.80. The van der Waals surface area contributed by atoms with Crippen LogP contribution in [-0.2, 0) is 6.54 Å². The standard InChI is InChI=1S/C21H17N3O3/c25-21(23-20-11-12-22-24(20)15-19-10-5-13-26-19)16-6-4-9-18(14-16)27-17-7-2-1-3-8-17/h1-14H,15H2,(H,23,25). The molecule has 4 rings (SSSR count). The molecule has 0 saturated heterocycles. The molecule has 0 bridgehead atoms. The second-order valence-electron chi connectivity index (χ2n) is 5.85. The second-order valence-corrected chi connectivity index (χ2v) is 5.85. The fraction of sp³-hybridized carbons (Fsp3) is 0.0476. The molecular formula is C21H17N3O3. The van der Waals surface area contributed by atoms with Gasteiger partial charge in [0.25, 0.3) is 5.91 Å². The molecule has 2 aromatic carbocycles. The van der Waals surface area contributed by atoms with Crippen molar-refractivity contribution in [1.29, 1.82) is 0 Å². The number of para-hydroxylation sites is 1. The Morgan fingerprint density at radius 2 is 1.85 bits per heavy atom. The summed E-state index contributed by atoms with van der Waals surface area (Å²) >= 11 is 0. The van der Waals surface area contributed by atoms with Crippen molar-refractivity contribution in [3.63, 3.8) is 0 Å². The van der Waals surface area contributed by atoms with Crippen LogP contribution < -0.4 is 10.1 Å². The quantitative estimate of drug-likeness (QED) is 0.547. The first-order valence-electron chi connectivity index (χ1n) is 8.46. The van der Waals surface area contributed by atoms with Crippen molar-refractivity contribution in [2.24, 2.45) is 0 Å². The SMILES string of the molecule is O=C(Nc1ccnn1Cc1ccco1)c1cccc(Oc2ccccc2)c1. The zero-order chi connectivity index (χ0) is 18.5. The minimum absolute atomic E-state index is 0.241. The smallest absolute Gasteiger partial charge is 0.256 e. The number of aromatic nitrogens is 2. The molecule has 1 N–H and O–H groups in total. The topological polar surface area (TPSA) is 69.3 Å². The van der Waals surface area contributed by atoms with Crippen molar-refractivity contribution < 1.29 is 13.9 Å². The lowest BCUT2D eigenvalue weighted by Gasteiger charge is -2.10. The number of nitrogens with zero attached hydrogens (tertiary/aromatic N) is 2. The van der Waals surface area contributed by atoms with E-state index in [1.807, 2.05) is 48.5 Å². The fourth-order valence-corrected chi connectivity index (χ4v) is 2.63. The lowest BCUT2D eigenvalue weighted by molar-refractivity contribution is 0.102. The normalized spacial score (nSPS) is 10.5. The number of anilines is 1. The largest absolute Gasteiger partial charge is 0.467 e. The highest BCUT2D eigenvalue weighted by atomic mass is 16.5. The van der Waals surface area contributed by atoms with Crippen molar-refractivity contribution in [1.82, 2.24) is 9.78 Å². The zero-order valence-corrected chi connectivity index (χ0v) is 14.4. The van der Waals surface area contributed by atoms with Crippen molar-refractivity contribution in [3.05, 3.63) is 96.6 Å². The average Bonchev–Trinajstić information content (AvgIpc) is 3.36. The van der Waals surface area contributed by atoms with Gasteiger partial charge in [-0.25, -0.2) is 4.68 Å². The molecule has 0 unspecified atom stereocenters. The highest BCUT2D eigenvalue weighted by molar-refractivity contribution is 6.04. The van der Waals surface area contributed by atoms with Gasteiger partial charge in [0.1, 0.15) is 29.6 Å². The predicted molar refractivity (Wildman–Crippen MR) is 101 cm³/mol. The van der Waals surface area contributed by atoms with E-state index in [0.717, 1.165) is 5.76 Å². The number of ether oxygens (including phenoxy) is 1. The molecule has 0 radical (unpaired) electrons. The average molecular weight is 359 g/mol. The van der Waals surface area contributed by atoms with Gasteiger partial charge >= 0.3 is 0 Å². The number of rotatable bonds is 6. The van der Waals surface area contributed by atoms with Crippen LogP contribution in [0, 0.1) is 0 Å².